The lowest BCUT2D eigenvalue weighted by Gasteiger charge is -2.29. The number of amides is 1. The molecule has 1 saturated heterocycles. The van der Waals surface area contributed by atoms with Crippen LogP contribution in [0.2, 0.25) is 0 Å². The summed E-state index contributed by atoms with van der Waals surface area (Å²) in [6.07, 6.45) is 2.87. The number of para-hydroxylation sites is 1. The molecule has 1 atom stereocenters. The minimum Gasteiger partial charge on any atom is -0.489 e. The van der Waals surface area contributed by atoms with Gasteiger partial charge in [-0.15, -0.1) is 0 Å². The van der Waals surface area contributed by atoms with Gasteiger partial charge in [-0.25, -0.2) is 4.39 Å². The maximum Gasteiger partial charge on any atom is 0.222 e. The van der Waals surface area contributed by atoms with Crippen molar-refractivity contribution in [1.29, 1.82) is 0 Å². The number of hydrogen-bond donors (Lipinski definition) is 1. The molecule has 1 amide bonds. The Morgan fingerprint density at radius 3 is 2.78 bits per heavy atom. The van der Waals surface area contributed by atoms with Gasteiger partial charge in [0.1, 0.15) is 6.61 Å². The first-order valence-corrected chi connectivity index (χ1v) is 8.40. The van der Waals surface area contributed by atoms with Gasteiger partial charge < -0.3 is 15.0 Å². The van der Waals surface area contributed by atoms with E-state index in [1.807, 2.05) is 0 Å². The molecule has 1 aliphatic rings. The molecule has 0 radical (unpaired) electrons. The minimum absolute atomic E-state index is 0.133. The first-order chi connectivity index (χ1) is 11.1. The highest BCUT2D eigenvalue weighted by Gasteiger charge is 2.23. The van der Waals surface area contributed by atoms with Crippen molar-refractivity contribution in [2.24, 2.45) is 11.8 Å². The van der Waals surface area contributed by atoms with Crippen molar-refractivity contribution in [2.45, 2.75) is 26.2 Å². The first-order valence-electron chi connectivity index (χ1n) is 8.40. The van der Waals surface area contributed by atoms with Crippen molar-refractivity contribution in [2.75, 3.05) is 33.3 Å². The van der Waals surface area contributed by atoms with Gasteiger partial charge in [-0.3, -0.25) is 4.79 Å². The van der Waals surface area contributed by atoms with Gasteiger partial charge in [-0.2, -0.15) is 0 Å². The van der Waals surface area contributed by atoms with Gasteiger partial charge in [0, 0.05) is 13.5 Å². The SMILES string of the molecule is CC(CC(=O)N(C)CCOc1ccccc1F)C1CCNCC1. The molecule has 1 aromatic rings. The van der Waals surface area contributed by atoms with Crippen LogP contribution >= 0.6 is 0 Å². The Morgan fingerprint density at radius 1 is 1.39 bits per heavy atom. The number of hydrogen-bond acceptors (Lipinski definition) is 3. The Hall–Kier alpha value is -1.62. The number of piperidine rings is 1. The van der Waals surface area contributed by atoms with Crippen molar-refractivity contribution in [1.82, 2.24) is 10.2 Å². The van der Waals surface area contributed by atoms with Crippen molar-refractivity contribution >= 4 is 5.91 Å². The molecule has 1 aliphatic heterocycles. The minimum atomic E-state index is -0.374. The molecule has 23 heavy (non-hydrogen) atoms. The summed E-state index contributed by atoms with van der Waals surface area (Å²) in [7, 11) is 1.78. The van der Waals surface area contributed by atoms with E-state index in [1.165, 1.54) is 6.07 Å². The van der Waals surface area contributed by atoms with E-state index >= 15 is 0 Å². The Balaban J connectivity index is 1.71. The highest BCUT2D eigenvalue weighted by molar-refractivity contribution is 5.76. The van der Waals surface area contributed by atoms with E-state index in [9.17, 15) is 9.18 Å². The predicted molar refractivity (Wildman–Crippen MR) is 88.9 cm³/mol. The number of nitrogens with zero attached hydrogens (tertiary/aromatic N) is 1. The monoisotopic (exact) mass is 322 g/mol. The molecule has 5 heteroatoms. The van der Waals surface area contributed by atoms with Crippen LogP contribution in [-0.2, 0) is 4.79 Å². The maximum atomic E-state index is 13.4. The molecule has 1 N–H and O–H groups in total. The summed E-state index contributed by atoms with van der Waals surface area (Å²) in [5, 5.41) is 3.35. The third-order valence-corrected chi connectivity index (χ3v) is 4.63. The molecule has 0 aromatic heterocycles. The van der Waals surface area contributed by atoms with E-state index in [0.29, 0.717) is 31.4 Å². The highest BCUT2D eigenvalue weighted by atomic mass is 19.1. The largest absolute Gasteiger partial charge is 0.489 e. The zero-order valence-electron chi connectivity index (χ0n) is 14.1. The number of nitrogens with one attached hydrogen (secondary N) is 1. The van der Waals surface area contributed by atoms with Gasteiger partial charge in [0.05, 0.1) is 6.54 Å². The Bertz CT molecular complexity index is 504. The lowest BCUT2D eigenvalue weighted by Crippen LogP contribution is -2.35. The Labute approximate surface area is 138 Å². The third kappa shape index (κ3) is 5.50. The summed E-state index contributed by atoms with van der Waals surface area (Å²) in [4.78, 5) is 14.0. The topological polar surface area (TPSA) is 41.6 Å². The number of rotatable bonds is 7. The summed E-state index contributed by atoms with van der Waals surface area (Å²) in [5.74, 6) is 1.02. The van der Waals surface area contributed by atoms with Crippen molar-refractivity contribution < 1.29 is 13.9 Å². The fourth-order valence-corrected chi connectivity index (χ4v) is 2.99. The van der Waals surface area contributed by atoms with Crippen LogP contribution in [0, 0.1) is 17.7 Å². The first kappa shape index (κ1) is 17.7. The van der Waals surface area contributed by atoms with Gasteiger partial charge >= 0.3 is 0 Å². The average Bonchev–Trinajstić information content (AvgIpc) is 2.57. The van der Waals surface area contributed by atoms with Crippen LogP contribution in [0.5, 0.6) is 5.75 Å². The molecule has 0 bridgehead atoms. The third-order valence-electron chi connectivity index (χ3n) is 4.63. The van der Waals surface area contributed by atoms with E-state index in [2.05, 4.69) is 12.2 Å². The standard InChI is InChI=1S/C18H27FN2O2/c1-14(15-7-9-20-10-8-15)13-18(22)21(2)11-12-23-17-6-4-3-5-16(17)19/h3-6,14-15,20H,7-13H2,1-2H3. The van der Waals surface area contributed by atoms with E-state index < -0.39 is 0 Å². The van der Waals surface area contributed by atoms with Crippen LogP contribution in [-0.4, -0.2) is 44.1 Å². The molecule has 1 fully saturated rings. The number of benzene rings is 1. The second kappa shape index (κ2) is 8.87. The van der Waals surface area contributed by atoms with Crippen LogP contribution in [0.4, 0.5) is 4.39 Å². The second-order valence-corrected chi connectivity index (χ2v) is 6.36. The number of likely N-dealkylation sites (N-methyl/N-ethyl adjacent to an activating group) is 1. The van der Waals surface area contributed by atoms with Gasteiger partial charge in [-0.05, 0) is 49.9 Å². The number of ether oxygens (including phenoxy) is 1. The smallest absolute Gasteiger partial charge is 0.222 e. The van der Waals surface area contributed by atoms with Crippen molar-refractivity contribution in [3.63, 3.8) is 0 Å². The van der Waals surface area contributed by atoms with E-state index in [0.717, 1.165) is 25.9 Å². The van der Waals surface area contributed by atoms with Gasteiger partial charge in [0.15, 0.2) is 11.6 Å². The molecule has 2 rings (SSSR count). The fraction of sp³-hybridized carbons (Fsp3) is 0.611. The Morgan fingerprint density at radius 2 is 2.09 bits per heavy atom. The number of halogens is 1. The molecule has 4 nitrogen and oxygen atoms in total. The second-order valence-electron chi connectivity index (χ2n) is 6.36. The van der Waals surface area contributed by atoms with Crippen LogP contribution in [0.15, 0.2) is 24.3 Å². The zero-order valence-corrected chi connectivity index (χ0v) is 14.1. The summed E-state index contributed by atoms with van der Waals surface area (Å²) < 4.78 is 18.8. The van der Waals surface area contributed by atoms with Gasteiger partial charge in [-0.1, -0.05) is 19.1 Å². The van der Waals surface area contributed by atoms with E-state index in [4.69, 9.17) is 4.74 Å². The van der Waals surface area contributed by atoms with Crippen LogP contribution in [0.1, 0.15) is 26.2 Å². The molecule has 1 unspecified atom stereocenters. The molecule has 1 aromatic carbocycles. The predicted octanol–water partition coefficient (Wildman–Crippen LogP) is 2.69. The lowest BCUT2D eigenvalue weighted by atomic mass is 9.84. The average molecular weight is 322 g/mol. The summed E-state index contributed by atoms with van der Waals surface area (Å²) >= 11 is 0. The van der Waals surface area contributed by atoms with Crippen LogP contribution < -0.4 is 10.1 Å². The Kier molecular flexibility index (Phi) is 6.84. The quantitative estimate of drug-likeness (QED) is 0.839. The molecular weight excluding hydrogens is 295 g/mol. The highest BCUT2D eigenvalue weighted by Crippen LogP contribution is 2.24. The molecule has 0 spiro atoms. The maximum absolute atomic E-state index is 13.4. The normalized spacial score (nSPS) is 16.8. The molecule has 0 aliphatic carbocycles. The van der Waals surface area contributed by atoms with E-state index in [1.54, 1.807) is 30.1 Å². The number of carbonyl (C=O) groups excluding carboxylic acids is 1. The summed E-state index contributed by atoms with van der Waals surface area (Å²) in [6, 6.07) is 6.31. The molecular formula is C18H27FN2O2. The summed E-state index contributed by atoms with van der Waals surface area (Å²) in [5.41, 5.74) is 0. The van der Waals surface area contributed by atoms with Gasteiger partial charge in [0.2, 0.25) is 5.91 Å². The van der Waals surface area contributed by atoms with Crippen LogP contribution in [0.25, 0.3) is 0 Å². The van der Waals surface area contributed by atoms with Crippen LogP contribution in [0.3, 0.4) is 0 Å². The van der Waals surface area contributed by atoms with Crippen molar-refractivity contribution in [3.8, 4) is 5.75 Å². The summed E-state index contributed by atoms with van der Waals surface area (Å²) in [6.45, 7) is 5.03. The van der Waals surface area contributed by atoms with E-state index in [-0.39, 0.29) is 17.5 Å². The lowest BCUT2D eigenvalue weighted by molar-refractivity contribution is -0.131. The fourth-order valence-electron chi connectivity index (χ4n) is 2.99. The zero-order chi connectivity index (χ0) is 16.7. The molecule has 128 valence electrons. The number of carbonyl (C=O) groups is 1. The molecule has 1 heterocycles. The molecule has 0 saturated carbocycles. The van der Waals surface area contributed by atoms with Crippen molar-refractivity contribution in [3.05, 3.63) is 30.1 Å². The van der Waals surface area contributed by atoms with Gasteiger partial charge in [0.25, 0.3) is 0 Å².